The lowest BCUT2D eigenvalue weighted by Crippen LogP contribution is -2.49. The first kappa shape index (κ1) is 17.5. The topological polar surface area (TPSA) is 61.4 Å². The Morgan fingerprint density at radius 2 is 2.00 bits per heavy atom. The normalized spacial score (nSPS) is 16.4. The fourth-order valence-electron chi connectivity index (χ4n) is 2.31. The molecule has 23 heavy (non-hydrogen) atoms. The van der Waals surface area contributed by atoms with Gasteiger partial charge in [0.05, 0.1) is 0 Å². The Labute approximate surface area is 132 Å². The maximum absolute atomic E-state index is 12.7. The molecule has 0 saturated carbocycles. The smallest absolute Gasteiger partial charge is 0.355 e. The van der Waals surface area contributed by atoms with Crippen molar-refractivity contribution in [3.63, 3.8) is 0 Å². The maximum Gasteiger partial charge on any atom is 0.433 e. The third-order valence-corrected chi connectivity index (χ3v) is 3.66. The Balaban J connectivity index is 1.84. The van der Waals surface area contributed by atoms with Crippen molar-refractivity contribution >= 4 is 11.9 Å². The van der Waals surface area contributed by atoms with Gasteiger partial charge in [-0.2, -0.15) is 13.2 Å². The van der Waals surface area contributed by atoms with Crippen molar-refractivity contribution in [1.29, 1.82) is 0 Å². The molecule has 0 aromatic carbocycles. The first-order valence-electron chi connectivity index (χ1n) is 7.54. The van der Waals surface area contributed by atoms with Crippen LogP contribution in [0.4, 0.5) is 19.1 Å². The molecule has 1 aromatic rings. The van der Waals surface area contributed by atoms with Crippen molar-refractivity contribution in [2.75, 3.05) is 44.2 Å². The van der Waals surface area contributed by atoms with Crippen LogP contribution in [0, 0.1) is 0 Å². The molecule has 1 N–H and O–H groups in total. The molecule has 0 radical (unpaired) electrons. The van der Waals surface area contributed by atoms with Crippen molar-refractivity contribution in [3.8, 4) is 0 Å². The molecule has 0 atom stereocenters. The summed E-state index contributed by atoms with van der Waals surface area (Å²) in [6.45, 7) is 5.61. The van der Waals surface area contributed by atoms with Gasteiger partial charge in [-0.15, -0.1) is 0 Å². The number of alkyl halides is 3. The quantitative estimate of drug-likeness (QED) is 0.877. The maximum atomic E-state index is 12.7. The number of piperazine rings is 1. The molecule has 1 aliphatic heterocycles. The van der Waals surface area contributed by atoms with Crippen molar-refractivity contribution < 1.29 is 18.0 Å². The molecule has 2 heterocycles. The molecule has 0 aliphatic carbocycles. The summed E-state index contributed by atoms with van der Waals surface area (Å²) < 4.78 is 38.0. The predicted octanol–water partition coefficient (Wildman–Crippen LogP) is 1.14. The summed E-state index contributed by atoms with van der Waals surface area (Å²) in [5.41, 5.74) is -0.924. The summed E-state index contributed by atoms with van der Waals surface area (Å²) in [5, 5.41) is 2.80. The van der Waals surface area contributed by atoms with Gasteiger partial charge < -0.3 is 10.2 Å². The number of hydrogen-bond donors (Lipinski definition) is 1. The van der Waals surface area contributed by atoms with Gasteiger partial charge in [-0.25, -0.2) is 9.97 Å². The van der Waals surface area contributed by atoms with Crippen LogP contribution in [0.15, 0.2) is 12.3 Å². The number of halogens is 3. The van der Waals surface area contributed by atoms with Crippen LogP contribution in [-0.4, -0.2) is 60.0 Å². The van der Waals surface area contributed by atoms with E-state index in [1.165, 1.54) is 0 Å². The van der Waals surface area contributed by atoms with E-state index in [0.29, 0.717) is 39.1 Å². The van der Waals surface area contributed by atoms with E-state index in [4.69, 9.17) is 0 Å². The second-order valence-corrected chi connectivity index (χ2v) is 5.27. The Bertz CT molecular complexity index is 529. The number of carbonyl (C=O) groups excluding carboxylic acids is 1. The Morgan fingerprint density at radius 1 is 1.30 bits per heavy atom. The van der Waals surface area contributed by atoms with Gasteiger partial charge in [0.1, 0.15) is 5.69 Å². The number of anilines is 1. The molecule has 1 amide bonds. The fraction of sp³-hybridized carbons (Fsp3) is 0.643. The Kier molecular flexibility index (Phi) is 5.75. The zero-order valence-electron chi connectivity index (χ0n) is 12.9. The molecule has 9 heteroatoms. The van der Waals surface area contributed by atoms with Crippen LogP contribution in [0.1, 0.15) is 19.0 Å². The van der Waals surface area contributed by atoms with E-state index in [0.717, 1.165) is 18.8 Å². The van der Waals surface area contributed by atoms with Crippen LogP contribution >= 0.6 is 0 Å². The molecule has 1 aromatic heterocycles. The number of aromatic nitrogens is 2. The monoisotopic (exact) mass is 331 g/mol. The summed E-state index contributed by atoms with van der Waals surface area (Å²) in [6, 6.07) is 0.871. The summed E-state index contributed by atoms with van der Waals surface area (Å²) in [7, 11) is 0. The van der Waals surface area contributed by atoms with Gasteiger partial charge in [0, 0.05) is 51.9 Å². The minimum absolute atomic E-state index is 0.0148. The number of amides is 1. The van der Waals surface area contributed by atoms with Crippen molar-refractivity contribution in [2.45, 2.75) is 19.5 Å². The van der Waals surface area contributed by atoms with Crippen LogP contribution in [-0.2, 0) is 11.0 Å². The van der Waals surface area contributed by atoms with Gasteiger partial charge in [0.25, 0.3) is 0 Å². The van der Waals surface area contributed by atoms with E-state index in [1.807, 2.05) is 0 Å². The molecule has 1 saturated heterocycles. The van der Waals surface area contributed by atoms with Crippen LogP contribution in [0.5, 0.6) is 0 Å². The average molecular weight is 331 g/mol. The lowest BCUT2D eigenvalue weighted by molar-refractivity contribution is -0.141. The van der Waals surface area contributed by atoms with Gasteiger partial charge >= 0.3 is 6.18 Å². The van der Waals surface area contributed by atoms with E-state index in [9.17, 15) is 18.0 Å². The number of nitrogens with zero attached hydrogens (tertiary/aromatic N) is 4. The molecule has 6 nitrogen and oxygen atoms in total. The molecule has 1 aliphatic rings. The van der Waals surface area contributed by atoms with Crippen molar-refractivity contribution in [1.82, 2.24) is 20.2 Å². The zero-order valence-corrected chi connectivity index (χ0v) is 12.9. The third kappa shape index (κ3) is 5.05. The largest absolute Gasteiger partial charge is 0.433 e. The Hall–Kier alpha value is -1.90. The molecule has 128 valence electrons. The first-order valence-corrected chi connectivity index (χ1v) is 7.54. The molecule has 0 unspecified atom stereocenters. The molecule has 0 spiro atoms. The van der Waals surface area contributed by atoms with E-state index in [-0.39, 0.29) is 11.9 Å². The summed E-state index contributed by atoms with van der Waals surface area (Å²) in [6.07, 6.45) is -2.87. The number of rotatable bonds is 5. The van der Waals surface area contributed by atoms with E-state index in [1.54, 1.807) is 11.8 Å². The number of hydrogen-bond acceptors (Lipinski definition) is 5. The predicted molar refractivity (Wildman–Crippen MR) is 79.0 cm³/mol. The summed E-state index contributed by atoms with van der Waals surface area (Å²) in [4.78, 5) is 22.6. The molecule has 2 rings (SSSR count). The minimum atomic E-state index is -4.46. The van der Waals surface area contributed by atoms with E-state index < -0.39 is 11.9 Å². The summed E-state index contributed by atoms with van der Waals surface area (Å²) >= 11 is 0. The van der Waals surface area contributed by atoms with Crippen LogP contribution in [0.25, 0.3) is 0 Å². The standard InChI is InChI=1S/C14H20F3N5O/c1-2-12(23)18-5-6-21-7-9-22(10-8-21)13-19-4-3-11(20-13)14(15,16)17/h3-4H,2,5-10H2,1H3,(H,18,23). The highest BCUT2D eigenvalue weighted by atomic mass is 19.4. The summed E-state index contributed by atoms with van der Waals surface area (Å²) in [5.74, 6) is 0.125. The SMILES string of the molecule is CCC(=O)NCCN1CCN(c2nccc(C(F)(F)F)n2)CC1. The highest BCUT2D eigenvalue weighted by Crippen LogP contribution is 2.28. The third-order valence-electron chi connectivity index (χ3n) is 3.66. The van der Waals surface area contributed by atoms with Crippen LogP contribution in [0.2, 0.25) is 0 Å². The van der Waals surface area contributed by atoms with Crippen LogP contribution < -0.4 is 10.2 Å². The van der Waals surface area contributed by atoms with Crippen molar-refractivity contribution in [3.05, 3.63) is 18.0 Å². The fourth-order valence-corrected chi connectivity index (χ4v) is 2.31. The van der Waals surface area contributed by atoms with Gasteiger partial charge in [0.2, 0.25) is 11.9 Å². The van der Waals surface area contributed by atoms with Crippen LogP contribution in [0.3, 0.4) is 0 Å². The van der Waals surface area contributed by atoms with Crippen molar-refractivity contribution in [2.24, 2.45) is 0 Å². The van der Waals surface area contributed by atoms with Gasteiger partial charge in [0.15, 0.2) is 0 Å². The number of nitrogens with one attached hydrogen (secondary N) is 1. The molecule has 1 fully saturated rings. The lowest BCUT2D eigenvalue weighted by Gasteiger charge is -2.34. The second-order valence-electron chi connectivity index (χ2n) is 5.27. The first-order chi connectivity index (χ1) is 10.9. The lowest BCUT2D eigenvalue weighted by atomic mass is 10.3. The van der Waals surface area contributed by atoms with E-state index >= 15 is 0 Å². The highest BCUT2D eigenvalue weighted by Gasteiger charge is 2.33. The zero-order chi connectivity index (χ0) is 16.9. The molecular formula is C14H20F3N5O. The second kappa shape index (κ2) is 7.58. The molecule has 0 bridgehead atoms. The highest BCUT2D eigenvalue weighted by molar-refractivity contribution is 5.75. The van der Waals surface area contributed by atoms with Gasteiger partial charge in [-0.1, -0.05) is 6.92 Å². The van der Waals surface area contributed by atoms with Gasteiger partial charge in [-0.05, 0) is 6.07 Å². The minimum Gasteiger partial charge on any atom is -0.355 e. The Morgan fingerprint density at radius 3 is 2.61 bits per heavy atom. The average Bonchev–Trinajstić information content (AvgIpc) is 2.54. The number of carbonyl (C=O) groups is 1. The molecular weight excluding hydrogens is 311 g/mol. The van der Waals surface area contributed by atoms with E-state index in [2.05, 4.69) is 20.2 Å². The van der Waals surface area contributed by atoms with Gasteiger partial charge in [-0.3, -0.25) is 9.69 Å².